The third-order valence-corrected chi connectivity index (χ3v) is 15.8. The molecular formula is C64H41N3OS2. The van der Waals surface area contributed by atoms with Gasteiger partial charge >= 0.3 is 0 Å². The summed E-state index contributed by atoms with van der Waals surface area (Å²) >= 11 is 3.70. The smallest absolute Gasteiger partial charge is 0.135 e. The van der Waals surface area contributed by atoms with Gasteiger partial charge in [-0.3, -0.25) is 0 Å². The highest BCUT2D eigenvalue weighted by molar-refractivity contribution is 7.26. The molecule has 4 nitrogen and oxygen atoms in total. The summed E-state index contributed by atoms with van der Waals surface area (Å²) in [5.74, 6) is 0. The van der Waals surface area contributed by atoms with Crippen LogP contribution in [-0.2, 0) is 0 Å². The van der Waals surface area contributed by atoms with Crippen molar-refractivity contribution in [3.63, 3.8) is 0 Å². The van der Waals surface area contributed by atoms with Crippen LogP contribution in [0.5, 0.6) is 0 Å². The maximum Gasteiger partial charge on any atom is 0.135 e. The highest BCUT2D eigenvalue weighted by Crippen LogP contribution is 2.51. The second kappa shape index (κ2) is 16.5. The lowest BCUT2D eigenvalue weighted by molar-refractivity contribution is 0.669. The molecule has 0 bridgehead atoms. The molecule has 0 amide bonds. The number of hydrogen-bond acceptors (Lipinski definition) is 6. The number of para-hydroxylation sites is 4. The van der Waals surface area contributed by atoms with E-state index in [9.17, 15) is 0 Å². The minimum Gasteiger partial charge on any atom is -0.456 e. The van der Waals surface area contributed by atoms with Crippen molar-refractivity contribution in [2.24, 2.45) is 0 Å². The second-order valence-corrected chi connectivity index (χ2v) is 19.9. The van der Waals surface area contributed by atoms with E-state index in [0.717, 1.165) is 73.1 Å². The average Bonchev–Trinajstić information content (AvgIpc) is 4.11. The minimum atomic E-state index is 0.874. The first-order valence-corrected chi connectivity index (χ1v) is 25.2. The molecule has 0 aliphatic heterocycles. The molecule has 0 spiro atoms. The summed E-state index contributed by atoms with van der Waals surface area (Å²) in [6, 6.07) is 90.0. The first-order chi connectivity index (χ1) is 34.7. The minimum absolute atomic E-state index is 0.874. The van der Waals surface area contributed by atoms with Crippen molar-refractivity contribution in [3.05, 3.63) is 249 Å². The van der Waals surface area contributed by atoms with Gasteiger partial charge in [-0.2, -0.15) is 0 Å². The summed E-state index contributed by atoms with van der Waals surface area (Å²) in [6.45, 7) is 0. The first-order valence-electron chi connectivity index (χ1n) is 23.6. The van der Waals surface area contributed by atoms with Crippen molar-refractivity contribution in [2.45, 2.75) is 0 Å². The molecule has 0 aliphatic carbocycles. The quantitative estimate of drug-likeness (QED) is 0.144. The lowest BCUT2D eigenvalue weighted by Gasteiger charge is -2.30. The Balaban J connectivity index is 0.958. The van der Waals surface area contributed by atoms with Gasteiger partial charge in [-0.1, -0.05) is 133 Å². The highest BCUT2D eigenvalue weighted by atomic mass is 32.1. The molecular weight excluding hydrogens is 891 g/mol. The van der Waals surface area contributed by atoms with Crippen LogP contribution in [0.1, 0.15) is 0 Å². The third-order valence-electron chi connectivity index (χ3n) is 13.6. The van der Waals surface area contributed by atoms with Crippen molar-refractivity contribution >= 4 is 147 Å². The zero-order valence-corrected chi connectivity index (χ0v) is 39.4. The number of furan rings is 1. The molecule has 0 aliphatic rings. The van der Waals surface area contributed by atoms with Crippen LogP contribution in [0.4, 0.5) is 51.2 Å². The standard InChI is InChI=1S/C64H41N3OS2/c1-4-19-43(20-5-1)65(48-31-34-52-55-38-47(33-36-61(55)69-62(52)40-48)66(44-21-6-2-7-22-44)56-28-16-18-42-17-10-11-25-50(42)56)49-39-57(64-53-27-13-15-30-60(53)70-63(64)41-49)67(45-23-8-3-9-24-45)46-32-35-59-54(37-46)51-26-12-14-29-58(51)68-59/h1-41H. The van der Waals surface area contributed by atoms with E-state index >= 15 is 0 Å². The Morgan fingerprint density at radius 2 is 0.786 bits per heavy atom. The molecule has 0 N–H and O–H groups in total. The van der Waals surface area contributed by atoms with Gasteiger partial charge in [-0.15, -0.1) is 22.7 Å². The van der Waals surface area contributed by atoms with Gasteiger partial charge in [0, 0.05) is 96.3 Å². The molecule has 3 aromatic heterocycles. The number of hydrogen-bond donors (Lipinski definition) is 0. The highest BCUT2D eigenvalue weighted by Gasteiger charge is 2.25. The average molecular weight is 932 g/mol. The molecule has 11 aromatic carbocycles. The number of fused-ring (bicyclic) bond motifs is 10. The van der Waals surface area contributed by atoms with Gasteiger partial charge in [0.2, 0.25) is 0 Å². The lowest BCUT2D eigenvalue weighted by Crippen LogP contribution is -2.13. The van der Waals surface area contributed by atoms with Crippen molar-refractivity contribution in [3.8, 4) is 0 Å². The first kappa shape index (κ1) is 40.4. The summed E-state index contributed by atoms with van der Waals surface area (Å²) in [4.78, 5) is 7.25. The monoisotopic (exact) mass is 931 g/mol. The molecule has 3 heterocycles. The molecule has 330 valence electrons. The molecule has 0 radical (unpaired) electrons. The molecule has 70 heavy (non-hydrogen) atoms. The fraction of sp³-hybridized carbons (Fsp3) is 0. The maximum absolute atomic E-state index is 6.35. The SMILES string of the molecule is c1ccc(N(c2ccc3c(c2)sc2ccc(N(c4ccccc4)c4cccc5ccccc45)cc23)c2cc(N(c3ccccc3)c3ccc4oc5ccccc5c4c3)c3c(c2)sc2ccccc23)cc1. The number of benzene rings is 11. The van der Waals surface area contributed by atoms with Gasteiger partial charge in [-0.25, -0.2) is 0 Å². The van der Waals surface area contributed by atoms with E-state index in [1.54, 1.807) is 0 Å². The van der Waals surface area contributed by atoms with Gasteiger partial charge in [-0.05, 0) is 121 Å². The molecule has 0 unspecified atom stereocenters. The fourth-order valence-electron chi connectivity index (χ4n) is 10.4. The van der Waals surface area contributed by atoms with E-state index in [1.165, 1.54) is 51.1 Å². The second-order valence-electron chi connectivity index (χ2n) is 17.7. The van der Waals surface area contributed by atoms with Gasteiger partial charge in [0.25, 0.3) is 0 Å². The fourth-order valence-corrected chi connectivity index (χ4v) is 12.7. The van der Waals surface area contributed by atoms with Crippen LogP contribution in [0.2, 0.25) is 0 Å². The molecule has 14 rings (SSSR count). The normalized spacial score (nSPS) is 11.7. The molecule has 0 saturated carbocycles. The van der Waals surface area contributed by atoms with E-state index in [2.05, 4.69) is 251 Å². The van der Waals surface area contributed by atoms with Crippen LogP contribution in [-0.4, -0.2) is 0 Å². The Labute approximate surface area is 412 Å². The van der Waals surface area contributed by atoms with Crippen LogP contribution in [0.15, 0.2) is 253 Å². The molecule has 6 heteroatoms. The van der Waals surface area contributed by atoms with E-state index < -0.39 is 0 Å². The van der Waals surface area contributed by atoms with Crippen LogP contribution in [0, 0.1) is 0 Å². The number of nitrogens with zero attached hydrogens (tertiary/aromatic N) is 3. The Morgan fingerprint density at radius 3 is 1.56 bits per heavy atom. The summed E-state index contributed by atoms with van der Waals surface area (Å²) < 4.78 is 11.3. The van der Waals surface area contributed by atoms with Crippen LogP contribution in [0.25, 0.3) is 73.1 Å². The van der Waals surface area contributed by atoms with E-state index in [0.29, 0.717) is 0 Å². The Bertz CT molecular complexity index is 4270. The van der Waals surface area contributed by atoms with Gasteiger partial charge in [0.05, 0.1) is 11.4 Å². The Morgan fingerprint density at radius 1 is 0.257 bits per heavy atom. The molecule has 14 aromatic rings. The predicted octanol–water partition coefficient (Wildman–Crippen LogP) is 19.9. The van der Waals surface area contributed by atoms with Crippen LogP contribution >= 0.6 is 22.7 Å². The van der Waals surface area contributed by atoms with Crippen molar-refractivity contribution in [1.82, 2.24) is 0 Å². The van der Waals surface area contributed by atoms with Crippen molar-refractivity contribution in [2.75, 3.05) is 14.7 Å². The predicted molar refractivity (Wildman–Crippen MR) is 301 cm³/mol. The summed E-state index contributed by atoms with van der Waals surface area (Å²) in [5, 5.41) is 9.57. The maximum atomic E-state index is 6.35. The summed E-state index contributed by atoms with van der Waals surface area (Å²) in [5.41, 5.74) is 11.7. The molecule has 0 fully saturated rings. The molecule has 0 saturated heterocycles. The van der Waals surface area contributed by atoms with E-state index in [4.69, 9.17) is 4.42 Å². The number of rotatable bonds is 9. The third kappa shape index (κ3) is 6.72. The zero-order valence-electron chi connectivity index (χ0n) is 37.7. The van der Waals surface area contributed by atoms with Gasteiger partial charge in [0.15, 0.2) is 0 Å². The van der Waals surface area contributed by atoms with E-state index in [-0.39, 0.29) is 0 Å². The lowest BCUT2D eigenvalue weighted by atomic mass is 10.0. The molecule has 0 atom stereocenters. The van der Waals surface area contributed by atoms with Crippen molar-refractivity contribution < 1.29 is 4.42 Å². The van der Waals surface area contributed by atoms with Crippen LogP contribution < -0.4 is 14.7 Å². The number of thiophene rings is 2. The van der Waals surface area contributed by atoms with E-state index in [1.807, 2.05) is 34.8 Å². The van der Waals surface area contributed by atoms with Crippen LogP contribution in [0.3, 0.4) is 0 Å². The van der Waals surface area contributed by atoms with Crippen molar-refractivity contribution in [1.29, 1.82) is 0 Å². The van der Waals surface area contributed by atoms with Gasteiger partial charge in [0.1, 0.15) is 11.2 Å². The summed E-state index contributed by atoms with van der Waals surface area (Å²) in [7, 11) is 0. The number of anilines is 9. The zero-order chi connectivity index (χ0) is 46.1. The van der Waals surface area contributed by atoms with Gasteiger partial charge < -0.3 is 19.1 Å². The topological polar surface area (TPSA) is 22.9 Å². The Kier molecular flexibility index (Phi) is 9.54. The largest absolute Gasteiger partial charge is 0.456 e. The summed E-state index contributed by atoms with van der Waals surface area (Å²) in [6.07, 6.45) is 0. The Hall–Kier alpha value is -8.68.